The number of ether oxygens (including phenoxy) is 1. The number of amides is 2. The SMILES string of the molecule is CCNC(CC(C)CNCC(CNC(=O)CC)SSCN(C)CCCCN(C)CCCNC)OCC(=O)NCCCCCC(=O)O. The first-order chi connectivity index (χ1) is 22.1. The molecule has 0 saturated carbocycles. The average molecular weight is 694 g/mol. The molecule has 6 N–H and O–H groups in total. The van der Waals surface area contributed by atoms with Crippen LogP contribution in [0.3, 0.4) is 0 Å². The van der Waals surface area contributed by atoms with E-state index in [4.69, 9.17) is 9.84 Å². The molecule has 0 saturated heterocycles. The first-order valence-electron chi connectivity index (χ1n) is 17.2. The first kappa shape index (κ1) is 44.9. The third-order valence-corrected chi connectivity index (χ3v) is 10.2. The van der Waals surface area contributed by atoms with E-state index in [1.54, 1.807) is 0 Å². The van der Waals surface area contributed by atoms with Gasteiger partial charge in [0.1, 0.15) is 12.8 Å². The largest absolute Gasteiger partial charge is 0.481 e. The Labute approximate surface area is 287 Å². The Morgan fingerprint density at radius 2 is 1.57 bits per heavy atom. The normalized spacial score (nSPS) is 13.6. The number of carboxylic acid groups (broad SMARTS) is 1. The van der Waals surface area contributed by atoms with Crippen molar-refractivity contribution >= 4 is 39.4 Å². The molecule has 0 bridgehead atoms. The lowest BCUT2D eigenvalue weighted by Crippen LogP contribution is -2.40. The second kappa shape index (κ2) is 31.2. The molecule has 0 radical (unpaired) electrons. The van der Waals surface area contributed by atoms with E-state index in [-0.39, 0.29) is 36.3 Å². The van der Waals surface area contributed by atoms with Gasteiger partial charge >= 0.3 is 5.97 Å². The minimum atomic E-state index is -0.787. The molecule has 0 fully saturated rings. The molecule has 3 unspecified atom stereocenters. The zero-order valence-corrected chi connectivity index (χ0v) is 31.3. The summed E-state index contributed by atoms with van der Waals surface area (Å²) in [4.78, 5) is 39.5. The second-order valence-electron chi connectivity index (χ2n) is 12.1. The molecule has 0 aromatic carbocycles. The zero-order chi connectivity index (χ0) is 34.4. The van der Waals surface area contributed by atoms with Crippen molar-refractivity contribution in [3.05, 3.63) is 0 Å². The lowest BCUT2D eigenvalue weighted by Gasteiger charge is -2.24. The van der Waals surface area contributed by atoms with Crippen LogP contribution in [-0.2, 0) is 19.1 Å². The van der Waals surface area contributed by atoms with E-state index in [1.165, 1.54) is 19.3 Å². The highest BCUT2D eigenvalue weighted by molar-refractivity contribution is 8.76. The van der Waals surface area contributed by atoms with Crippen LogP contribution in [0, 0.1) is 5.92 Å². The molecule has 0 spiro atoms. The van der Waals surface area contributed by atoms with Gasteiger partial charge in [-0.1, -0.05) is 48.8 Å². The highest BCUT2D eigenvalue weighted by atomic mass is 33.1. The van der Waals surface area contributed by atoms with Crippen LogP contribution < -0.4 is 26.6 Å². The van der Waals surface area contributed by atoms with E-state index in [0.29, 0.717) is 31.8 Å². The van der Waals surface area contributed by atoms with Crippen LogP contribution in [-0.4, -0.2) is 137 Å². The molecular weight excluding hydrogens is 627 g/mol. The number of hydrogen-bond donors (Lipinski definition) is 6. The van der Waals surface area contributed by atoms with Crippen LogP contribution in [0.25, 0.3) is 0 Å². The molecule has 46 heavy (non-hydrogen) atoms. The molecule has 3 atom stereocenters. The van der Waals surface area contributed by atoms with Crippen molar-refractivity contribution in [2.24, 2.45) is 5.92 Å². The monoisotopic (exact) mass is 693 g/mol. The smallest absolute Gasteiger partial charge is 0.303 e. The van der Waals surface area contributed by atoms with Crippen LogP contribution in [0.4, 0.5) is 0 Å². The van der Waals surface area contributed by atoms with Crippen molar-refractivity contribution in [1.82, 2.24) is 36.4 Å². The van der Waals surface area contributed by atoms with Gasteiger partial charge in [0.05, 0.1) is 5.88 Å². The predicted octanol–water partition coefficient (Wildman–Crippen LogP) is 2.80. The van der Waals surface area contributed by atoms with Gasteiger partial charge in [-0.2, -0.15) is 0 Å². The van der Waals surface area contributed by atoms with Crippen LogP contribution in [0.15, 0.2) is 0 Å². The van der Waals surface area contributed by atoms with Gasteiger partial charge in [0, 0.05) is 37.7 Å². The van der Waals surface area contributed by atoms with E-state index in [1.807, 2.05) is 42.5 Å². The fourth-order valence-electron chi connectivity index (χ4n) is 4.59. The standard InChI is InChI=1S/C32H67N7O5S2/c1-7-29(40)37-24-28(46-45-26-39(6)19-13-12-18-38(5)20-14-16-33-4)23-34-22-27(3)21-31(35-8-2)44-25-30(41)36-17-11-9-10-15-32(42)43/h27-28,31,33-35H,7-26H2,1-6H3,(H,36,41)(H,37,40)(H,42,43). The number of carbonyl (C=O) groups is 3. The summed E-state index contributed by atoms with van der Waals surface area (Å²) < 4.78 is 5.88. The van der Waals surface area contributed by atoms with Crippen LogP contribution in [0.2, 0.25) is 0 Å². The summed E-state index contributed by atoms with van der Waals surface area (Å²) in [7, 11) is 10.1. The molecule has 12 nitrogen and oxygen atoms in total. The van der Waals surface area contributed by atoms with Crippen molar-refractivity contribution in [3.63, 3.8) is 0 Å². The number of carboxylic acids is 1. The quantitative estimate of drug-likeness (QED) is 0.0341. The Kier molecular flexibility index (Phi) is 30.4. The number of aliphatic carboxylic acids is 1. The molecule has 2 amide bonds. The van der Waals surface area contributed by atoms with E-state index >= 15 is 0 Å². The van der Waals surface area contributed by atoms with Crippen molar-refractivity contribution in [2.75, 3.05) is 92.5 Å². The topological polar surface area (TPSA) is 147 Å². The fourth-order valence-corrected chi connectivity index (χ4v) is 7.19. The van der Waals surface area contributed by atoms with E-state index in [9.17, 15) is 14.4 Å². The summed E-state index contributed by atoms with van der Waals surface area (Å²) in [5.41, 5.74) is 0. The summed E-state index contributed by atoms with van der Waals surface area (Å²) in [5.74, 6) is 0.387. The van der Waals surface area contributed by atoms with Gasteiger partial charge in [-0.05, 0) is 105 Å². The maximum Gasteiger partial charge on any atom is 0.303 e. The van der Waals surface area contributed by atoms with Crippen molar-refractivity contribution < 1.29 is 24.2 Å². The summed E-state index contributed by atoms with van der Waals surface area (Å²) >= 11 is 0. The first-order valence-corrected chi connectivity index (χ1v) is 19.6. The molecule has 0 aromatic rings. The molecule has 272 valence electrons. The maximum absolute atomic E-state index is 12.2. The Hall–Kier alpha value is -1.13. The van der Waals surface area contributed by atoms with E-state index < -0.39 is 5.97 Å². The van der Waals surface area contributed by atoms with Gasteiger partial charge in [0.15, 0.2) is 0 Å². The number of hydrogen-bond acceptors (Lipinski definition) is 11. The lowest BCUT2D eigenvalue weighted by atomic mass is 10.1. The minimum Gasteiger partial charge on any atom is -0.481 e. The summed E-state index contributed by atoms with van der Waals surface area (Å²) in [5, 5.41) is 25.0. The van der Waals surface area contributed by atoms with Crippen LogP contribution in [0.1, 0.15) is 78.6 Å². The van der Waals surface area contributed by atoms with Gasteiger partial charge < -0.3 is 36.0 Å². The Bertz CT molecular complexity index is 772. The van der Waals surface area contributed by atoms with Crippen molar-refractivity contribution in [3.8, 4) is 0 Å². The number of nitrogens with one attached hydrogen (secondary N) is 5. The van der Waals surface area contributed by atoms with Crippen molar-refractivity contribution in [1.29, 1.82) is 0 Å². The highest BCUT2D eigenvalue weighted by Gasteiger charge is 2.17. The Morgan fingerprint density at radius 1 is 0.848 bits per heavy atom. The van der Waals surface area contributed by atoms with Gasteiger partial charge in [0.25, 0.3) is 0 Å². The molecule has 0 aromatic heterocycles. The predicted molar refractivity (Wildman–Crippen MR) is 194 cm³/mol. The number of nitrogens with zero attached hydrogens (tertiary/aromatic N) is 2. The molecule has 0 aliphatic carbocycles. The third kappa shape index (κ3) is 29.0. The highest BCUT2D eigenvalue weighted by Crippen LogP contribution is 2.27. The van der Waals surface area contributed by atoms with Crippen LogP contribution in [0.5, 0.6) is 0 Å². The van der Waals surface area contributed by atoms with Gasteiger partial charge in [0.2, 0.25) is 11.8 Å². The molecule has 14 heteroatoms. The van der Waals surface area contributed by atoms with Crippen LogP contribution >= 0.6 is 21.6 Å². The summed E-state index contributed by atoms with van der Waals surface area (Å²) in [6.07, 6.45) is 6.91. The fraction of sp³-hybridized carbons (Fsp3) is 0.906. The minimum absolute atomic E-state index is 0.0114. The molecular formula is C32H67N7O5S2. The molecule has 0 heterocycles. The zero-order valence-electron chi connectivity index (χ0n) is 29.7. The summed E-state index contributed by atoms with van der Waals surface area (Å²) in [6, 6.07) is 0. The third-order valence-electron chi connectivity index (χ3n) is 7.34. The maximum atomic E-state index is 12.2. The van der Waals surface area contributed by atoms with Crippen molar-refractivity contribution in [2.45, 2.75) is 90.0 Å². The number of unbranched alkanes of at least 4 members (excludes halogenated alkanes) is 3. The van der Waals surface area contributed by atoms with Gasteiger partial charge in [-0.15, -0.1) is 0 Å². The number of rotatable bonds is 33. The van der Waals surface area contributed by atoms with E-state index in [2.05, 4.69) is 57.4 Å². The lowest BCUT2D eigenvalue weighted by molar-refractivity contribution is -0.137. The molecule has 0 aliphatic heterocycles. The Balaban J connectivity index is 4.41. The van der Waals surface area contributed by atoms with Gasteiger partial charge in [-0.3, -0.25) is 24.6 Å². The molecule has 0 rings (SSSR count). The number of carbonyl (C=O) groups excluding carboxylic acids is 2. The van der Waals surface area contributed by atoms with E-state index in [0.717, 1.165) is 71.0 Å². The summed E-state index contributed by atoms with van der Waals surface area (Å²) in [6.45, 7) is 14.0. The average Bonchev–Trinajstić information content (AvgIpc) is 3.02. The Morgan fingerprint density at radius 3 is 2.24 bits per heavy atom. The second-order valence-corrected chi connectivity index (χ2v) is 14.7. The van der Waals surface area contributed by atoms with Gasteiger partial charge in [-0.25, -0.2) is 0 Å². The molecule has 0 aliphatic rings.